The van der Waals surface area contributed by atoms with Gasteiger partial charge < -0.3 is 15.5 Å². The lowest BCUT2D eigenvalue weighted by Gasteiger charge is -2.10. The van der Waals surface area contributed by atoms with Crippen LogP contribution in [0.4, 0.5) is 0 Å². The van der Waals surface area contributed by atoms with Gasteiger partial charge in [-0.05, 0) is 73.7 Å². The fourth-order valence-electron chi connectivity index (χ4n) is 2.29. The van der Waals surface area contributed by atoms with Crippen LogP contribution in [0.1, 0.15) is 32.6 Å². The van der Waals surface area contributed by atoms with Crippen molar-refractivity contribution in [3.63, 3.8) is 0 Å². The molecule has 2 rings (SSSR count). The number of benzene rings is 2. The summed E-state index contributed by atoms with van der Waals surface area (Å²) in [5, 5.41) is 21.8. The van der Waals surface area contributed by atoms with E-state index in [-0.39, 0.29) is 17.4 Å². The summed E-state index contributed by atoms with van der Waals surface area (Å²) < 4.78 is 0. The number of phenols is 2. The topological polar surface area (TPSA) is 69.6 Å². The van der Waals surface area contributed by atoms with Crippen LogP contribution >= 0.6 is 0 Å². The zero-order valence-corrected chi connectivity index (χ0v) is 13.1. The molecular formula is C18H21NO3. The van der Waals surface area contributed by atoms with Crippen LogP contribution in [0.15, 0.2) is 30.3 Å². The maximum absolute atomic E-state index is 12.1. The van der Waals surface area contributed by atoms with Gasteiger partial charge in [0.05, 0.1) is 0 Å². The summed E-state index contributed by atoms with van der Waals surface area (Å²) >= 11 is 0. The van der Waals surface area contributed by atoms with Crippen molar-refractivity contribution in [2.45, 2.75) is 27.2 Å². The number of hydrogen-bond donors (Lipinski definition) is 3. The Kier molecular flexibility index (Phi) is 4.71. The average molecular weight is 299 g/mol. The van der Waals surface area contributed by atoms with E-state index in [1.807, 2.05) is 39.0 Å². The van der Waals surface area contributed by atoms with Gasteiger partial charge in [-0.25, -0.2) is 0 Å². The second-order valence-corrected chi connectivity index (χ2v) is 5.57. The molecule has 2 aromatic rings. The Bertz CT molecular complexity index is 708. The molecule has 0 spiro atoms. The normalized spacial score (nSPS) is 10.5. The van der Waals surface area contributed by atoms with Crippen LogP contribution in [0.3, 0.4) is 0 Å². The van der Waals surface area contributed by atoms with Crippen LogP contribution in [-0.2, 0) is 6.42 Å². The molecule has 0 aliphatic carbocycles. The molecule has 0 saturated heterocycles. The van der Waals surface area contributed by atoms with Crippen LogP contribution in [0, 0.1) is 20.8 Å². The Hall–Kier alpha value is -2.49. The standard InChI is InChI=1S/C18H21NO3/c1-11-4-5-15(8-12(11)2)18(22)19-7-6-14-10-17(21)16(20)9-13(14)3/h4-5,8-10,20-21H,6-7H2,1-3H3,(H,19,22). The first-order chi connectivity index (χ1) is 10.4. The second-order valence-electron chi connectivity index (χ2n) is 5.57. The zero-order valence-electron chi connectivity index (χ0n) is 13.1. The van der Waals surface area contributed by atoms with Gasteiger partial charge in [0.15, 0.2) is 11.5 Å². The number of nitrogens with one attached hydrogen (secondary N) is 1. The smallest absolute Gasteiger partial charge is 0.251 e. The minimum atomic E-state index is -0.138. The Labute approximate surface area is 130 Å². The van der Waals surface area contributed by atoms with E-state index in [9.17, 15) is 15.0 Å². The van der Waals surface area contributed by atoms with Crippen molar-refractivity contribution in [3.05, 3.63) is 58.1 Å². The van der Waals surface area contributed by atoms with Gasteiger partial charge in [-0.3, -0.25) is 4.79 Å². The van der Waals surface area contributed by atoms with Crippen molar-refractivity contribution in [2.24, 2.45) is 0 Å². The zero-order chi connectivity index (χ0) is 16.3. The van der Waals surface area contributed by atoms with Crippen molar-refractivity contribution in [3.8, 4) is 11.5 Å². The quantitative estimate of drug-likeness (QED) is 0.760. The fraction of sp³-hybridized carbons (Fsp3) is 0.278. The van der Waals surface area contributed by atoms with Gasteiger partial charge in [-0.15, -0.1) is 0 Å². The number of amides is 1. The molecule has 116 valence electrons. The lowest BCUT2D eigenvalue weighted by atomic mass is 10.0. The molecule has 0 aromatic heterocycles. The van der Waals surface area contributed by atoms with E-state index >= 15 is 0 Å². The lowest BCUT2D eigenvalue weighted by Crippen LogP contribution is -2.25. The first-order valence-corrected chi connectivity index (χ1v) is 7.25. The Morgan fingerprint density at radius 3 is 2.32 bits per heavy atom. The number of carbonyl (C=O) groups excluding carboxylic acids is 1. The Balaban J connectivity index is 1.97. The highest BCUT2D eigenvalue weighted by molar-refractivity contribution is 5.94. The number of carbonyl (C=O) groups is 1. The highest BCUT2D eigenvalue weighted by Gasteiger charge is 2.08. The summed E-state index contributed by atoms with van der Waals surface area (Å²) in [5.74, 6) is -0.370. The average Bonchev–Trinajstić information content (AvgIpc) is 2.47. The molecular weight excluding hydrogens is 278 g/mol. The van der Waals surface area contributed by atoms with Gasteiger partial charge >= 0.3 is 0 Å². The Morgan fingerprint density at radius 2 is 1.64 bits per heavy atom. The third kappa shape index (κ3) is 3.58. The van der Waals surface area contributed by atoms with Crippen LogP contribution in [0.2, 0.25) is 0 Å². The summed E-state index contributed by atoms with van der Waals surface area (Å²) in [7, 11) is 0. The highest BCUT2D eigenvalue weighted by Crippen LogP contribution is 2.28. The number of phenolic OH excluding ortho intramolecular Hbond substituents is 2. The number of aromatic hydroxyl groups is 2. The number of aryl methyl sites for hydroxylation is 3. The Morgan fingerprint density at radius 1 is 0.955 bits per heavy atom. The molecule has 0 unspecified atom stereocenters. The predicted molar refractivity (Wildman–Crippen MR) is 86.5 cm³/mol. The molecule has 0 bridgehead atoms. The monoisotopic (exact) mass is 299 g/mol. The molecule has 0 fully saturated rings. The van der Waals surface area contributed by atoms with Gasteiger partial charge in [-0.1, -0.05) is 6.07 Å². The summed E-state index contributed by atoms with van der Waals surface area (Å²) in [6, 6.07) is 8.69. The molecule has 22 heavy (non-hydrogen) atoms. The van der Waals surface area contributed by atoms with Crippen molar-refractivity contribution >= 4 is 5.91 Å². The van der Waals surface area contributed by atoms with E-state index in [1.54, 1.807) is 0 Å². The van der Waals surface area contributed by atoms with Crippen molar-refractivity contribution in [2.75, 3.05) is 6.54 Å². The van der Waals surface area contributed by atoms with Crippen molar-refractivity contribution in [1.82, 2.24) is 5.32 Å². The molecule has 0 atom stereocenters. The summed E-state index contributed by atoms with van der Waals surface area (Å²) in [5.41, 5.74) is 4.68. The van der Waals surface area contributed by atoms with Gasteiger partial charge in [0, 0.05) is 12.1 Å². The van der Waals surface area contributed by atoms with Crippen molar-refractivity contribution in [1.29, 1.82) is 0 Å². The van der Waals surface area contributed by atoms with Crippen LogP contribution in [0.5, 0.6) is 11.5 Å². The summed E-state index contributed by atoms with van der Waals surface area (Å²) in [6.45, 7) is 6.32. The third-order valence-corrected chi connectivity index (χ3v) is 3.88. The van der Waals surface area contributed by atoms with Crippen LogP contribution in [-0.4, -0.2) is 22.7 Å². The molecule has 2 aromatic carbocycles. The largest absolute Gasteiger partial charge is 0.504 e. The fourth-order valence-corrected chi connectivity index (χ4v) is 2.29. The van der Waals surface area contributed by atoms with E-state index in [4.69, 9.17) is 0 Å². The molecule has 0 heterocycles. The number of rotatable bonds is 4. The summed E-state index contributed by atoms with van der Waals surface area (Å²) in [6.07, 6.45) is 0.594. The van der Waals surface area contributed by atoms with E-state index in [0.29, 0.717) is 18.5 Å². The third-order valence-electron chi connectivity index (χ3n) is 3.88. The van der Waals surface area contributed by atoms with E-state index in [1.165, 1.54) is 12.1 Å². The molecule has 4 heteroatoms. The molecule has 1 amide bonds. The van der Waals surface area contributed by atoms with Gasteiger partial charge in [0.2, 0.25) is 0 Å². The molecule has 3 N–H and O–H groups in total. The molecule has 0 aliphatic heterocycles. The van der Waals surface area contributed by atoms with Gasteiger partial charge in [0.1, 0.15) is 0 Å². The van der Waals surface area contributed by atoms with Crippen LogP contribution in [0.25, 0.3) is 0 Å². The van der Waals surface area contributed by atoms with Gasteiger partial charge in [-0.2, -0.15) is 0 Å². The van der Waals surface area contributed by atoms with E-state index < -0.39 is 0 Å². The predicted octanol–water partition coefficient (Wildman–Crippen LogP) is 3.00. The van der Waals surface area contributed by atoms with E-state index in [0.717, 1.165) is 22.3 Å². The minimum absolute atomic E-state index is 0.108. The first-order valence-electron chi connectivity index (χ1n) is 7.25. The number of hydrogen-bond acceptors (Lipinski definition) is 3. The molecule has 0 saturated carbocycles. The second kappa shape index (κ2) is 6.52. The van der Waals surface area contributed by atoms with Crippen LogP contribution < -0.4 is 5.32 Å². The molecule has 4 nitrogen and oxygen atoms in total. The van der Waals surface area contributed by atoms with Gasteiger partial charge in [0.25, 0.3) is 5.91 Å². The lowest BCUT2D eigenvalue weighted by molar-refractivity contribution is 0.0954. The summed E-state index contributed by atoms with van der Waals surface area (Å²) in [4.78, 5) is 12.1. The minimum Gasteiger partial charge on any atom is -0.504 e. The maximum atomic E-state index is 12.1. The maximum Gasteiger partial charge on any atom is 0.251 e. The highest BCUT2D eigenvalue weighted by atomic mass is 16.3. The first kappa shape index (κ1) is 15.9. The molecule has 0 radical (unpaired) electrons. The molecule has 0 aliphatic rings. The van der Waals surface area contributed by atoms with E-state index in [2.05, 4.69) is 5.32 Å². The van der Waals surface area contributed by atoms with Crippen molar-refractivity contribution < 1.29 is 15.0 Å². The SMILES string of the molecule is Cc1ccc(C(=O)NCCc2cc(O)c(O)cc2C)cc1C.